The lowest BCUT2D eigenvalue weighted by atomic mass is 10.1. The first-order valence-electron chi connectivity index (χ1n) is 7.55. The summed E-state index contributed by atoms with van der Waals surface area (Å²) >= 11 is 0. The van der Waals surface area contributed by atoms with Crippen LogP contribution in [0.25, 0.3) is 0 Å². The molecule has 0 amide bonds. The summed E-state index contributed by atoms with van der Waals surface area (Å²) in [4.78, 5) is 11.0. The van der Waals surface area contributed by atoms with Crippen LogP contribution in [0, 0.1) is 0 Å². The molecule has 0 radical (unpaired) electrons. The van der Waals surface area contributed by atoms with E-state index in [0.29, 0.717) is 13.2 Å². The van der Waals surface area contributed by atoms with E-state index >= 15 is 0 Å². The number of aldehydes is 1. The minimum Gasteiger partial charge on any atom is -0.497 e. The lowest BCUT2D eigenvalue weighted by Crippen LogP contribution is -2.24. The Kier molecular flexibility index (Phi) is 5.94. The predicted molar refractivity (Wildman–Crippen MR) is 81.8 cm³/mol. The molecule has 1 saturated heterocycles. The van der Waals surface area contributed by atoms with Crippen LogP contribution < -0.4 is 4.74 Å². The van der Waals surface area contributed by atoms with Crippen LogP contribution in [0.1, 0.15) is 32.3 Å². The van der Waals surface area contributed by atoms with Gasteiger partial charge in [-0.25, -0.2) is 0 Å². The van der Waals surface area contributed by atoms with E-state index in [2.05, 4.69) is 0 Å². The summed E-state index contributed by atoms with van der Waals surface area (Å²) in [5.41, 5.74) is 1.10. The number of rotatable bonds is 8. The van der Waals surface area contributed by atoms with Gasteiger partial charge in [-0.1, -0.05) is 12.1 Å². The first-order valence-corrected chi connectivity index (χ1v) is 7.55. The fourth-order valence-corrected chi connectivity index (χ4v) is 2.50. The fraction of sp³-hybridized carbons (Fsp3) is 0.588. The molecule has 0 spiro atoms. The standard InChI is InChI=1S/C17H24O5/c1-17(2)21-15(16(11-18)22-17)5-4-10-20-12-13-6-8-14(19-3)9-7-13/h6-9,11,15-16H,4-5,10,12H2,1-3H3. The fourth-order valence-electron chi connectivity index (χ4n) is 2.50. The summed E-state index contributed by atoms with van der Waals surface area (Å²) in [7, 11) is 1.65. The Balaban J connectivity index is 1.65. The molecule has 1 heterocycles. The van der Waals surface area contributed by atoms with E-state index in [9.17, 15) is 4.79 Å². The Bertz CT molecular complexity index is 468. The van der Waals surface area contributed by atoms with Crippen molar-refractivity contribution in [1.82, 2.24) is 0 Å². The Labute approximate surface area is 131 Å². The van der Waals surface area contributed by atoms with Crippen molar-refractivity contribution < 1.29 is 23.7 Å². The maximum Gasteiger partial charge on any atom is 0.164 e. The van der Waals surface area contributed by atoms with Gasteiger partial charge in [0.05, 0.1) is 19.8 Å². The first kappa shape index (κ1) is 16.9. The molecule has 2 rings (SSSR count). The van der Waals surface area contributed by atoms with Crippen LogP contribution in [0.15, 0.2) is 24.3 Å². The molecule has 5 nitrogen and oxygen atoms in total. The molecule has 22 heavy (non-hydrogen) atoms. The summed E-state index contributed by atoms with van der Waals surface area (Å²) in [5.74, 6) is 0.157. The van der Waals surface area contributed by atoms with E-state index in [4.69, 9.17) is 18.9 Å². The third-order valence-corrected chi connectivity index (χ3v) is 3.56. The normalized spacial score (nSPS) is 23.4. The highest BCUT2D eigenvalue weighted by Gasteiger charge is 2.40. The zero-order valence-electron chi connectivity index (χ0n) is 13.4. The highest BCUT2D eigenvalue weighted by Crippen LogP contribution is 2.29. The third kappa shape index (κ3) is 4.80. The molecular formula is C17H24O5. The van der Waals surface area contributed by atoms with Crippen molar-refractivity contribution in [2.75, 3.05) is 13.7 Å². The number of ether oxygens (including phenoxy) is 4. The Morgan fingerprint density at radius 3 is 2.59 bits per heavy atom. The molecule has 0 N–H and O–H groups in total. The zero-order valence-corrected chi connectivity index (χ0v) is 13.4. The number of benzene rings is 1. The van der Waals surface area contributed by atoms with Crippen LogP contribution in [0.4, 0.5) is 0 Å². The number of hydrogen-bond donors (Lipinski definition) is 0. The molecule has 0 aromatic heterocycles. The molecule has 1 aromatic rings. The van der Waals surface area contributed by atoms with Crippen LogP contribution in [-0.4, -0.2) is 38.0 Å². The molecular weight excluding hydrogens is 284 g/mol. The quantitative estimate of drug-likeness (QED) is 0.546. The largest absolute Gasteiger partial charge is 0.497 e. The number of carbonyl (C=O) groups is 1. The number of methoxy groups -OCH3 is 1. The molecule has 0 aliphatic carbocycles. The summed E-state index contributed by atoms with van der Waals surface area (Å²) in [6.45, 7) is 4.83. The van der Waals surface area contributed by atoms with Gasteiger partial charge in [0.15, 0.2) is 12.1 Å². The molecule has 5 heteroatoms. The van der Waals surface area contributed by atoms with Gasteiger partial charge in [0.25, 0.3) is 0 Å². The smallest absolute Gasteiger partial charge is 0.164 e. The summed E-state index contributed by atoms with van der Waals surface area (Å²) in [5, 5.41) is 0. The third-order valence-electron chi connectivity index (χ3n) is 3.56. The predicted octanol–water partition coefficient (Wildman–Crippen LogP) is 2.71. The van der Waals surface area contributed by atoms with Crippen molar-refractivity contribution in [2.24, 2.45) is 0 Å². The van der Waals surface area contributed by atoms with Crippen molar-refractivity contribution in [2.45, 2.75) is 51.3 Å². The van der Waals surface area contributed by atoms with Gasteiger partial charge in [0.2, 0.25) is 0 Å². The summed E-state index contributed by atoms with van der Waals surface area (Å²) in [6.07, 6.45) is 1.73. The van der Waals surface area contributed by atoms with Gasteiger partial charge >= 0.3 is 0 Å². The van der Waals surface area contributed by atoms with Crippen LogP contribution in [0.2, 0.25) is 0 Å². The van der Waals surface area contributed by atoms with E-state index in [-0.39, 0.29) is 6.10 Å². The van der Waals surface area contributed by atoms with Crippen molar-refractivity contribution >= 4 is 6.29 Å². The topological polar surface area (TPSA) is 54.0 Å². The maximum absolute atomic E-state index is 11.0. The average molecular weight is 308 g/mol. The van der Waals surface area contributed by atoms with Crippen LogP contribution in [0.5, 0.6) is 5.75 Å². The van der Waals surface area contributed by atoms with Crippen molar-refractivity contribution in [1.29, 1.82) is 0 Å². The second-order valence-electron chi connectivity index (χ2n) is 5.82. The first-order chi connectivity index (χ1) is 10.5. The van der Waals surface area contributed by atoms with E-state index in [1.54, 1.807) is 7.11 Å². The lowest BCUT2D eigenvalue weighted by molar-refractivity contribution is -0.150. The van der Waals surface area contributed by atoms with Crippen molar-refractivity contribution in [3.05, 3.63) is 29.8 Å². The van der Waals surface area contributed by atoms with Crippen molar-refractivity contribution in [3.63, 3.8) is 0 Å². The highest BCUT2D eigenvalue weighted by molar-refractivity contribution is 5.57. The molecule has 1 aliphatic rings. The molecule has 0 saturated carbocycles. The zero-order chi connectivity index (χ0) is 16.0. The summed E-state index contributed by atoms with van der Waals surface area (Å²) in [6, 6.07) is 7.80. The molecule has 1 aromatic carbocycles. The van der Waals surface area contributed by atoms with Crippen LogP contribution in [0.3, 0.4) is 0 Å². The minimum absolute atomic E-state index is 0.183. The summed E-state index contributed by atoms with van der Waals surface area (Å²) < 4.78 is 22.0. The monoisotopic (exact) mass is 308 g/mol. The molecule has 2 atom stereocenters. The number of carbonyl (C=O) groups excluding carboxylic acids is 1. The van der Waals surface area contributed by atoms with Crippen LogP contribution in [-0.2, 0) is 25.6 Å². The molecule has 1 aliphatic heterocycles. The molecule has 122 valence electrons. The SMILES string of the molecule is COc1ccc(COCCCC2OC(C)(C)OC2C=O)cc1. The van der Waals surface area contributed by atoms with E-state index in [0.717, 1.165) is 30.4 Å². The number of hydrogen-bond acceptors (Lipinski definition) is 5. The Morgan fingerprint density at radius 1 is 1.23 bits per heavy atom. The van der Waals surface area contributed by atoms with Crippen molar-refractivity contribution in [3.8, 4) is 5.75 Å². The van der Waals surface area contributed by atoms with Gasteiger partial charge in [-0.15, -0.1) is 0 Å². The average Bonchev–Trinajstić information content (AvgIpc) is 2.81. The van der Waals surface area contributed by atoms with Gasteiger partial charge in [0.1, 0.15) is 11.9 Å². The second-order valence-corrected chi connectivity index (χ2v) is 5.82. The lowest BCUT2D eigenvalue weighted by Gasteiger charge is -2.16. The van der Waals surface area contributed by atoms with Gasteiger partial charge in [-0.3, -0.25) is 0 Å². The van der Waals surface area contributed by atoms with E-state index in [1.165, 1.54) is 0 Å². The maximum atomic E-state index is 11.0. The molecule has 2 unspecified atom stereocenters. The van der Waals surface area contributed by atoms with Gasteiger partial charge in [-0.2, -0.15) is 0 Å². The van der Waals surface area contributed by atoms with E-state index in [1.807, 2.05) is 38.1 Å². The Morgan fingerprint density at radius 2 is 1.95 bits per heavy atom. The highest BCUT2D eigenvalue weighted by atomic mass is 16.8. The van der Waals surface area contributed by atoms with E-state index < -0.39 is 11.9 Å². The van der Waals surface area contributed by atoms with Gasteiger partial charge in [-0.05, 0) is 44.4 Å². The van der Waals surface area contributed by atoms with Gasteiger partial charge < -0.3 is 23.7 Å². The van der Waals surface area contributed by atoms with Crippen LogP contribution >= 0.6 is 0 Å². The molecule has 1 fully saturated rings. The minimum atomic E-state index is -0.680. The molecule has 0 bridgehead atoms. The Hall–Kier alpha value is -1.43. The van der Waals surface area contributed by atoms with Gasteiger partial charge in [0, 0.05) is 6.61 Å². The second kappa shape index (κ2) is 7.72.